The van der Waals surface area contributed by atoms with Gasteiger partial charge in [0.15, 0.2) is 0 Å². The molecule has 1 rings (SSSR count). The maximum Gasteiger partial charge on any atom is 0.212 e. The molecule has 0 radical (unpaired) electrons. The summed E-state index contributed by atoms with van der Waals surface area (Å²) in [5, 5.41) is 7.21. The molecule has 0 aliphatic rings. The van der Waals surface area contributed by atoms with Crippen molar-refractivity contribution in [1.82, 2.24) is 9.71 Å². The third kappa shape index (κ3) is 6.30. The zero-order chi connectivity index (χ0) is 14.3. The van der Waals surface area contributed by atoms with Gasteiger partial charge < -0.3 is 5.73 Å². The molecule has 0 saturated carbocycles. The summed E-state index contributed by atoms with van der Waals surface area (Å²) in [5.41, 5.74) is 6.22. The average molecular weight is 284 g/mol. The van der Waals surface area contributed by atoms with E-state index in [1.54, 1.807) is 24.5 Å². The second-order valence-electron chi connectivity index (χ2n) is 4.38. The van der Waals surface area contributed by atoms with Crippen molar-refractivity contribution in [1.29, 1.82) is 5.41 Å². The first-order valence-corrected chi connectivity index (χ1v) is 7.80. The van der Waals surface area contributed by atoms with Crippen LogP contribution < -0.4 is 10.5 Å². The normalized spacial score (nSPS) is 13.1. The minimum Gasteiger partial charge on any atom is -0.388 e. The van der Waals surface area contributed by atoms with Crippen LogP contribution in [0.3, 0.4) is 0 Å². The van der Waals surface area contributed by atoms with Crippen molar-refractivity contribution >= 4 is 15.9 Å². The van der Waals surface area contributed by atoms with Crippen LogP contribution in [0.5, 0.6) is 0 Å². The van der Waals surface area contributed by atoms with Crippen LogP contribution in [0.2, 0.25) is 0 Å². The molecule has 19 heavy (non-hydrogen) atoms. The molecule has 0 spiro atoms. The minimum absolute atomic E-state index is 0.0105. The zero-order valence-electron chi connectivity index (χ0n) is 11.0. The van der Waals surface area contributed by atoms with Gasteiger partial charge in [-0.2, -0.15) is 0 Å². The smallest absolute Gasteiger partial charge is 0.212 e. The number of sulfonamides is 1. The van der Waals surface area contributed by atoms with Gasteiger partial charge in [-0.3, -0.25) is 10.4 Å². The molecule has 1 atom stereocenters. The highest BCUT2D eigenvalue weighted by molar-refractivity contribution is 7.89. The minimum atomic E-state index is -3.36. The molecule has 106 valence electrons. The van der Waals surface area contributed by atoms with E-state index in [1.165, 1.54) is 0 Å². The highest BCUT2D eigenvalue weighted by Crippen LogP contribution is 2.03. The van der Waals surface area contributed by atoms with E-state index in [2.05, 4.69) is 9.71 Å². The first-order chi connectivity index (χ1) is 8.93. The summed E-state index contributed by atoms with van der Waals surface area (Å²) >= 11 is 0. The topological polar surface area (TPSA) is 109 Å². The van der Waals surface area contributed by atoms with E-state index >= 15 is 0 Å². The van der Waals surface area contributed by atoms with Gasteiger partial charge in [-0.1, -0.05) is 6.92 Å². The Morgan fingerprint density at radius 3 is 2.63 bits per heavy atom. The van der Waals surface area contributed by atoms with E-state index in [1.807, 2.05) is 6.92 Å². The fraction of sp³-hybridized carbons (Fsp3) is 0.500. The predicted molar refractivity (Wildman–Crippen MR) is 75.5 cm³/mol. The standard InChI is InChI=1S/C12H20N4O2S/c1-2-11(9-12(13)14)16-19(17,18)8-5-10-3-6-15-7-4-10/h3-4,6-7,11,16H,2,5,8-9H2,1H3,(H3,13,14). The van der Waals surface area contributed by atoms with Crippen LogP contribution in [0.15, 0.2) is 24.5 Å². The van der Waals surface area contributed by atoms with Crippen LogP contribution in [0.25, 0.3) is 0 Å². The molecular weight excluding hydrogens is 264 g/mol. The van der Waals surface area contributed by atoms with Crippen molar-refractivity contribution in [2.75, 3.05) is 5.75 Å². The highest BCUT2D eigenvalue weighted by atomic mass is 32.2. The fourth-order valence-electron chi connectivity index (χ4n) is 1.65. The summed E-state index contributed by atoms with van der Waals surface area (Å²) < 4.78 is 26.4. The Balaban J connectivity index is 2.53. The van der Waals surface area contributed by atoms with E-state index < -0.39 is 10.0 Å². The lowest BCUT2D eigenvalue weighted by Gasteiger charge is -2.16. The Bertz CT molecular complexity index is 502. The number of nitrogens with zero attached hydrogens (tertiary/aromatic N) is 1. The van der Waals surface area contributed by atoms with Crippen LogP contribution in [0.4, 0.5) is 0 Å². The molecule has 0 amide bonds. The van der Waals surface area contributed by atoms with Gasteiger partial charge in [0, 0.05) is 24.9 Å². The van der Waals surface area contributed by atoms with Crippen LogP contribution in [0, 0.1) is 5.41 Å². The number of pyridine rings is 1. The molecule has 0 saturated heterocycles. The number of aryl methyl sites for hydroxylation is 1. The van der Waals surface area contributed by atoms with Crippen LogP contribution in [-0.4, -0.2) is 31.0 Å². The lowest BCUT2D eigenvalue weighted by molar-refractivity contribution is 0.544. The van der Waals surface area contributed by atoms with E-state index in [9.17, 15) is 8.42 Å². The number of hydrogen-bond donors (Lipinski definition) is 3. The molecule has 1 heterocycles. The second kappa shape index (κ2) is 7.20. The molecule has 1 aromatic heterocycles. The lowest BCUT2D eigenvalue weighted by Crippen LogP contribution is -2.38. The largest absolute Gasteiger partial charge is 0.388 e. The van der Waals surface area contributed by atoms with E-state index in [4.69, 9.17) is 11.1 Å². The van der Waals surface area contributed by atoms with Crippen LogP contribution in [0.1, 0.15) is 25.3 Å². The summed E-state index contributed by atoms with van der Waals surface area (Å²) in [6.07, 6.45) is 4.56. The van der Waals surface area contributed by atoms with Gasteiger partial charge in [-0.25, -0.2) is 13.1 Å². The molecule has 1 unspecified atom stereocenters. The first kappa shape index (κ1) is 15.6. The number of nitrogens with two attached hydrogens (primary N) is 1. The number of nitrogens with one attached hydrogen (secondary N) is 2. The maximum absolute atomic E-state index is 11.9. The van der Waals surface area contributed by atoms with Gasteiger partial charge in [-0.15, -0.1) is 0 Å². The molecule has 0 aliphatic heterocycles. The van der Waals surface area contributed by atoms with Crippen molar-refractivity contribution in [3.63, 3.8) is 0 Å². The van der Waals surface area contributed by atoms with Crippen molar-refractivity contribution in [2.24, 2.45) is 5.73 Å². The van der Waals surface area contributed by atoms with E-state index in [-0.39, 0.29) is 24.1 Å². The Morgan fingerprint density at radius 1 is 1.47 bits per heavy atom. The number of rotatable bonds is 8. The van der Waals surface area contributed by atoms with Crippen molar-refractivity contribution in [3.05, 3.63) is 30.1 Å². The summed E-state index contributed by atoms with van der Waals surface area (Å²) in [5.74, 6) is 0.00879. The Morgan fingerprint density at radius 2 is 2.11 bits per heavy atom. The molecule has 4 N–H and O–H groups in total. The molecule has 1 aromatic rings. The molecule has 6 nitrogen and oxygen atoms in total. The average Bonchev–Trinajstić information content (AvgIpc) is 2.36. The number of aromatic nitrogens is 1. The molecule has 7 heteroatoms. The summed E-state index contributed by atoms with van der Waals surface area (Å²) in [6, 6.07) is 3.28. The second-order valence-corrected chi connectivity index (χ2v) is 6.25. The number of amidine groups is 1. The zero-order valence-corrected chi connectivity index (χ0v) is 11.8. The Kier molecular flexibility index (Phi) is 5.91. The molecule has 0 aromatic carbocycles. The van der Waals surface area contributed by atoms with Gasteiger partial charge in [0.2, 0.25) is 10.0 Å². The quantitative estimate of drug-likeness (QED) is 0.481. The van der Waals surface area contributed by atoms with Crippen molar-refractivity contribution in [2.45, 2.75) is 32.2 Å². The van der Waals surface area contributed by atoms with Crippen molar-refractivity contribution in [3.8, 4) is 0 Å². The molecular formula is C12H20N4O2S. The third-order valence-corrected chi connectivity index (χ3v) is 4.15. The molecule has 0 fully saturated rings. The van der Waals surface area contributed by atoms with Crippen LogP contribution in [-0.2, 0) is 16.4 Å². The lowest BCUT2D eigenvalue weighted by atomic mass is 10.1. The van der Waals surface area contributed by atoms with Crippen LogP contribution >= 0.6 is 0 Å². The number of hydrogen-bond acceptors (Lipinski definition) is 4. The Labute approximate surface area is 114 Å². The van der Waals surface area contributed by atoms with Gasteiger partial charge >= 0.3 is 0 Å². The van der Waals surface area contributed by atoms with Gasteiger partial charge in [0.05, 0.1) is 11.6 Å². The molecule has 0 aliphatic carbocycles. The summed E-state index contributed by atoms with van der Waals surface area (Å²) in [6.45, 7) is 1.86. The SMILES string of the molecule is CCC(CC(=N)N)NS(=O)(=O)CCc1ccncc1. The Hall–Kier alpha value is -1.47. The first-order valence-electron chi connectivity index (χ1n) is 6.14. The van der Waals surface area contributed by atoms with E-state index in [0.717, 1.165) is 5.56 Å². The molecule has 0 bridgehead atoms. The summed E-state index contributed by atoms with van der Waals surface area (Å²) in [7, 11) is -3.36. The van der Waals surface area contributed by atoms with Gasteiger partial charge in [0.1, 0.15) is 0 Å². The maximum atomic E-state index is 11.9. The summed E-state index contributed by atoms with van der Waals surface area (Å²) in [4.78, 5) is 3.88. The predicted octanol–water partition coefficient (Wildman–Crippen LogP) is 0.648. The van der Waals surface area contributed by atoms with Gasteiger partial charge in [-0.05, 0) is 30.5 Å². The fourth-order valence-corrected chi connectivity index (χ4v) is 3.03. The van der Waals surface area contributed by atoms with Crippen molar-refractivity contribution < 1.29 is 8.42 Å². The third-order valence-electron chi connectivity index (χ3n) is 2.71. The monoisotopic (exact) mass is 284 g/mol. The van der Waals surface area contributed by atoms with E-state index in [0.29, 0.717) is 12.8 Å². The highest BCUT2D eigenvalue weighted by Gasteiger charge is 2.17. The van der Waals surface area contributed by atoms with Gasteiger partial charge in [0.25, 0.3) is 0 Å².